The number of aryl methyl sites for hydroxylation is 1. The minimum absolute atomic E-state index is 0.667. The lowest BCUT2D eigenvalue weighted by atomic mass is 10.3. The lowest BCUT2D eigenvalue weighted by Gasteiger charge is -2.12. The van der Waals surface area contributed by atoms with E-state index in [1.165, 1.54) is 6.42 Å². The fraction of sp³-hybridized carbons (Fsp3) is 0.692. The van der Waals surface area contributed by atoms with Gasteiger partial charge in [0, 0.05) is 11.8 Å². The Labute approximate surface area is 128 Å². The smallest absolute Gasteiger partial charge is 0.143 e. The third-order valence-electron chi connectivity index (χ3n) is 2.72. The van der Waals surface area contributed by atoms with Gasteiger partial charge in [-0.25, -0.2) is 9.97 Å². The van der Waals surface area contributed by atoms with E-state index >= 15 is 0 Å². The minimum Gasteiger partial charge on any atom is -0.369 e. The van der Waals surface area contributed by atoms with Crippen LogP contribution in [0.1, 0.15) is 45.6 Å². The highest BCUT2D eigenvalue weighted by Gasteiger charge is 2.11. The molecule has 1 unspecified atom stereocenters. The maximum atomic E-state index is 4.66. The number of rotatable bonds is 7. The van der Waals surface area contributed by atoms with Crippen molar-refractivity contribution in [3.8, 4) is 0 Å². The molecule has 0 aliphatic carbocycles. The van der Waals surface area contributed by atoms with Gasteiger partial charge in [0.25, 0.3) is 0 Å². The fourth-order valence-corrected chi connectivity index (χ4v) is 3.07. The van der Waals surface area contributed by atoms with E-state index in [1.807, 2.05) is 11.8 Å². The highest BCUT2D eigenvalue weighted by Crippen LogP contribution is 2.23. The van der Waals surface area contributed by atoms with E-state index in [-0.39, 0.29) is 0 Å². The van der Waals surface area contributed by atoms with Crippen LogP contribution < -0.4 is 5.32 Å². The summed E-state index contributed by atoms with van der Waals surface area (Å²) in [7, 11) is 0. The number of aromatic nitrogens is 2. The van der Waals surface area contributed by atoms with Gasteiger partial charge in [0.1, 0.15) is 11.6 Å². The minimum atomic E-state index is 0.667. The molecule has 0 aliphatic heterocycles. The van der Waals surface area contributed by atoms with Gasteiger partial charge >= 0.3 is 0 Å². The van der Waals surface area contributed by atoms with Gasteiger partial charge in [-0.3, -0.25) is 0 Å². The van der Waals surface area contributed by atoms with Gasteiger partial charge in [0.05, 0.1) is 15.0 Å². The Balaban J connectivity index is 2.87. The number of halogens is 1. The Hall–Kier alpha value is -0.0400. The third kappa shape index (κ3) is 4.57. The predicted octanol–water partition coefficient (Wildman–Crippen LogP) is 4.11. The molecule has 0 amide bonds. The molecule has 0 aliphatic rings. The van der Waals surface area contributed by atoms with Crippen molar-refractivity contribution >= 4 is 40.2 Å². The molecular weight excluding hydrogens is 357 g/mol. The number of hydrogen-bond acceptors (Lipinski definition) is 4. The molecule has 3 nitrogen and oxygen atoms in total. The van der Waals surface area contributed by atoms with Crippen molar-refractivity contribution in [1.29, 1.82) is 0 Å². The van der Waals surface area contributed by atoms with Crippen LogP contribution in [0.5, 0.6) is 0 Å². The summed E-state index contributed by atoms with van der Waals surface area (Å²) >= 11 is 4.26. The highest BCUT2D eigenvalue weighted by molar-refractivity contribution is 14.1. The highest BCUT2D eigenvalue weighted by atomic mass is 127. The number of hydrogen-bond donors (Lipinski definition) is 1. The summed E-state index contributed by atoms with van der Waals surface area (Å²) in [5.41, 5.74) is 1.15. The van der Waals surface area contributed by atoms with Crippen LogP contribution in [0.3, 0.4) is 0 Å². The summed E-state index contributed by atoms with van der Waals surface area (Å²) in [6.07, 6.45) is 2.15. The van der Waals surface area contributed by atoms with Crippen LogP contribution in [0.25, 0.3) is 0 Å². The van der Waals surface area contributed by atoms with Crippen molar-refractivity contribution in [2.75, 3.05) is 11.9 Å². The molecular formula is C13H22IN3S. The zero-order valence-corrected chi connectivity index (χ0v) is 14.6. The normalized spacial score (nSPS) is 12.5. The van der Waals surface area contributed by atoms with Crippen molar-refractivity contribution in [1.82, 2.24) is 9.97 Å². The second-order valence-electron chi connectivity index (χ2n) is 4.16. The van der Waals surface area contributed by atoms with Gasteiger partial charge in [-0.2, -0.15) is 11.8 Å². The molecule has 0 radical (unpaired) electrons. The standard InChI is InChI=1S/C13H22IN3S/c1-5-9(4)18-8-11-16-10(6-2)12(14)13(17-11)15-7-3/h9H,5-8H2,1-4H3,(H,15,16,17). The molecule has 1 heterocycles. The van der Waals surface area contributed by atoms with Crippen LogP contribution >= 0.6 is 34.4 Å². The van der Waals surface area contributed by atoms with E-state index in [0.29, 0.717) is 5.25 Å². The molecule has 1 N–H and O–H groups in total. The SMILES string of the molecule is CCNc1nc(CSC(C)CC)nc(CC)c1I. The van der Waals surface area contributed by atoms with Crippen LogP contribution in [-0.2, 0) is 12.2 Å². The summed E-state index contributed by atoms with van der Waals surface area (Å²) in [6.45, 7) is 9.61. The van der Waals surface area contributed by atoms with Crippen molar-refractivity contribution in [2.45, 2.75) is 51.5 Å². The van der Waals surface area contributed by atoms with Crippen LogP contribution in [0.4, 0.5) is 5.82 Å². The molecule has 0 aromatic carbocycles. The first-order valence-electron chi connectivity index (χ1n) is 6.53. The Morgan fingerprint density at radius 2 is 2.00 bits per heavy atom. The van der Waals surface area contributed by atoms with E-state index in [1.54, 1.807) is 0 Å². The number of nitrogens with zero attached hydrogens (tertiary/aromatic N) is 2. The molecule has 1 aromatic rings. The molecule has 0 saturated heterocycles. The molecule has 0 bridgehead atoms. The molecule has 0 spiro atoms. The zero-order chi connectivity index (χ0) is 13.5. The largest absolute Gasteiger partial charge is 0.369 e. The number of nitrogens with one attached hydrogen (secondary N) is 1. The average Bonchev–Trinajstić information content (AvgIpc) is 2.39. The van der Waals surface area contributed by atoms with Crippen molar-refractivity contribution in [3.05, 3.63) is 15.1 Å². The van der Waals surface area contributed by atoms with Gasteiger partial charge in [-0.1, -0.05) is 20.8 Å². The van der Waals surface area contributed by atoms with E-state index in [9.17, 15) is 0 Å². The molecule has 102 valence electrons. The molecule has 5 heteroatoms. The third-order valence-corrected chi connectivity index (χ3v) is 5.18. The molecule has 1 aromatic heterocycles. The van der Waals surface area contributed by atoms with Crippen LogP contribution in [0.15, 0.2) is 0 Å². The summed E-state index contributed by atoms with van der Waals surface area (Å²) in [6, 6.07) is 0. The van der Waals surface area contributed by atoms with Gasteiger partial charge in [-0.15, -0.1) is 0 Å². The Morgan fingerprint density at radius 1 is 1.28 bits per heavy atom. The molecule has 1 rings (SSSR count). The summed E-state index contributed by atoms with van der Waals surface area (Å²) in [5, 5.41) is 3.99. The lowest BCUT2D eigenvalue weighted by molar-refractivity contribution is 0.892. The second kappa shape index (κ2) is 8.19. The topological polar surface area (TPSA) is 37.8 Å². The Kier molecular flexibility index (Phi) is 7.29. The van der Waals surface area contributed by atoms with E-state index in [0.717, 1.165) is 39.6 Å². The first kappa shape index (κ1) is 16.0. The number of thioether (sulfide) groups is 1. The predicted molar refractivity (Wildman–Crippen MR) is 89.3 cm³/mol. The monoisotopic (exact) mass is 379 g/mol. The molecule has 18 heavy (non-hydrogen) atoms. The quantitative estimate of drug-likeness (QED) is 0.724. The molecule has 1 atom stereocenters. The molecule has 0 fully saturated rings. The van der Waals surface area contributed by atoms with Crippen LogP contribution in [0.2, 0.25) is 0 Å². The average molecular weight is 379 g/mol. The Bertz CT molecular complexity index is 385. The first-order valence-corrected chi connectivity index (χ1v) is 8.65. The van der Waals surface area contributed by atoms with Gasteiger partial charge in [0.15, 0.2) is 0 Å². The van der Waals surface area contributed by atoms with E-state index in [4.69, 9.17) is 0 Å². The van der Waals surface area contributed by atoms with Gasteiger partial charge in [0.2, 0.25) is 0 Å². The second-order valence-corrected chi connectivity index (χ2v) is 6.67. The lowest BCUT2D eigenvalue weighted by Crippen LogP contribution is -2.09. The van der Waals surface area contributed by atoms with Crippen molar-refractivity contribution < 1.29 is 0 Å². The van der Waals surface area contributed by atoms with E-state index in [2.05, 4.69) is 65.6 Å². The van der Waals surface area contributed by atoms with Crippen LogP contribution in [-0.4, -0.2) is 21.8 Å². The first-order chi connectivity index (χ1) is 8.62. The van der Waals surface area contributed by atoms with E-state index < -0.39 is 0 Å². The number of anilines is 1. The summed E-state index contributed by atoms with van der Waals surface area (Å²) in [5.74, 6) is 2.84. The maximum absolute atomic E-state index is 4.66. The van der Waals surface area contributed by atoms with Gasteiger partial charge in [-0.05, 0) is 42.4 Å². The van der Waals surface area contributed by atoms with Gasteiger partial charge < -0.3 is 5.32 Å². The summed E-state index contributed by atoms with van der Waals surface area (Å²) < 4.78 is 1.16. The maximum Gasteiger partial charge on any atom is 0.143 e. The Morgan fingerprint density at radius 3 is 2.56 bits per heavy atom. The van der Waals surface area contributed by atoms with Crippen LogP contribution in [0, 0.1) is 3.57 Å². The van der Waals surface area contributed by atoms with Crippen molar-refractivity contribution in [3.63, 3.8) is 0 Å². The molecule has 0 saturated carbocycles. The summed E-state index contributed by atoms with van der Waals surface area (Å²) in [4.78, 5) is 9.29. The fourth-order valence-electron chi connectivity index (χ4n) is 1.46. The zero-order valence-electron chi connectivity index (χ0n) is 11.6. The van der Waals surface area contributed by atoms with Crippen molar-refractivity contribution in [2.24, 2.45) is 0 Å².